The van der Waals surface area contributed by atoms with Crippen LogP contribution in [0, 0.1) is 11.6 Å². The molecule has 7 nitrogen and oxygen atoms in total. The van der Waals surface area contributed by atoms with Crippen LogP contribution < -0.4 is 10.6 Å². The lowest BCUT2D eigenvalue weighted by atomic mass is 10.2. The number of rotatable bonds is 8. The second-order valence-electron chi connectivity index (χ2n) is 7.45. The highest BCUT2D eigenvalue weighted by atomic mass is 35.5. The Morgan fingerprint density at radius 3 is 2.79 bits per heavy atom. The molecule has 1 aromatic heterocycles. The molecule has 3 aromatic rings. The molecule has 34 heavy (non-hydrogen) atoms. The molecule has 1 heterocycles. The number of fused-ring (bicyclic) bond motifs is 1. The van der Waals surface area contributed by atoms with Gasteiger partial charge < -0.3 is 15.0 Å². The van der Waals surface area contributed by atoms with Crippen molar-refractivity contribution in [1.82, 2.24) is 15.2 Å². The van der Waals surface area contributed by atoms with Crippen molar-refractivity contribution in [1.29, 1.82) is 0 Å². The van der Waals surface area contributed by atoms with E-state index in [1.165, 1.54) is 48.5 Å². The van der Waals surface area contributed by atoms with Gasteiger partial charge in [0.15, 0.2) is 0 Å². The Kier molecular flexibility index (Phi) is 8.37. The number of nitrogens with one attached hydrogen (secondary N) is 2. The number of aromatic nitrogens is 1. The minimum absolute atomic E-state index is 0.0240. The van der Waals surface area contributed by atoms with Crippen LogP contribution in [-0.2, 0) is 11.3 Å². The Hall–Kier alpha value is -3.72. The fourth-order valence-electron chi connectivity index (χ4n) is 3.17. The highest BCUT2D eigenvalue weighted by Gasteiger charge is 2.21. The lowest BCUT2D eigenvalue weighted by molar-refractivity contribution is 0.118. The van der Waals surface area contributed by atoms with E-state index in [1.54, 1.807) is 18.2 Å². The largest absolute Gasteiger partial charge is 0.447 e. The van der Waals surface area contributed by atoms with E-state index in [4.69, 9.17) is 16.3 Å². The maximum Gasteiger partial charge on any atom is 0.412 e. The van der Waals surface area contributed by atoms with Gasteiger partial charge in [0.05, 0.1) is 11.1 Å². The van der Waals surface area contributed by atoms with Crippen molar-refractivity contribution in [2.45, 2.75) is 19.0 Å². The van der Waals surface area contributed by atoms with Gasteiger partial charge in [-0.2, -0.15) is 0 Å². The van der Waals surface area contributed by atoms with Crippen molar-refractivity contribution in [2.24, 2.45) is 0 Å². The fraction of sp³-hybridized carbons (Fsp3) is 0.208. The number of pyridine rings is 1. The van der Waals surface area contributed by atoms with E-state index < -0.39 is 29.8 Å². The second-order valence-corrected chi connectivity index (χ2v) is 7.82. The Morgan fingerprint density at radius 2 is 2.03 bits per heavy atom. The topological polar surface area (TPSA) is 83.6 Å². The Labute approximate surface area is 200 Å². The number of halogens is 3. The molecule has 0 spiro atoms. The number of urea groups is 1. The van der Waals surface area contributed by atoms with Crippen molar-refractivity contribution < 1.29 is 23.1 Å². The standard InChI is InChI=1S/C24H23ClF2N4O3/c1-3-5-19(31(2)23(32)29-13-16-6-4-7-20(27)22(16)25)14-34-24(33)30-21-11-17-10-18(26)9-8-15(17)12-28-21/h3-4,6-12,19H,1,5,13-14H2,2H3,(H,29,32)(H,28,30,33)/t19-/m1/s1. The highest BCUT2D eigenvalue weighted by molar-refractivity contribution is 6.31. The highest BCUT2D eigenvalue weighted by Crippen LogP contribution is 2.20. The number of carbonyl (C=O) groups excluding carboxylic acids is 2. The van der Waals surface area contributed by atoms with Gasteiger partial charge in [-0.3, -0.25) is 5.32 Å². The molecule has 0 fully saturated rings. The molecule has 0 aliphatic heterocycles. The molecule has 178 valence electrons. The molecule has 0 aliphatic rings. The van der Waals surface area contributed by atoms with E-state index in [-0.39, 0.29) is 24.0 Å². The summed E-state index contributed by atoms with van der Waals surface area (Å²) in [5.74, 6) is -0.779. The van der Waals surface area contributed by atoms with Crippen LogP contribution in [0.15, 0.2) is 61.3 Å². The number of likely N-dealkylation sites (N-methyl/N-ethyl adjacent to an activating group) is 1. The molecule has 3 amide bonds. The monoisotopic (exact) mass is 488 g/mol. The van der Waals surface area contributed by atoms with Crippen molar-refractivity contribution in [3.8, 4) is 0 Å². The van der Waals surface area contributed by atoms with Crippen LogP contribution in [0.4, 0.5) is 24.2 Å². The van der Waals surface area contributed by atoms with Gasteiger partial charge in [0, 0.05) is 25.2 Å². The van der Waals surface area contributed by atoms with Gasteiger partial charge in [-0.15, -0.1) is 6.58 Å². The Bertz CT molecular complexity index is 1210. The SMILES string of the molecule is C=CC[C@H](COC(=O)Nc1cc2cc(F)ccc2cn1)N(C)C(=O)NCc1cccc(F)c1Cl. The van der Waals surface area contributed by atoms with E-state index in [1.807, 2.05) is 0 Å². The second kappa shape index (κ2) is 11.4. The zero-order valence-corrected chi connectivity index (χ0v) is 19.1. The Balaban J connectivity index is 1.56. The third-order valence-electron chi connectivity index (χ3n) is 5.09. The summed E-state index contributed by atoms with van der Waals surface area (Å²) in [5.41, 5.74) is 0.432. The number of amides is 3. The van der Waals surface area contributed by atoms with Crippen LogP contribution in [0.25, 0.3) is 10.8 Å². The predicted molar refractivity (Wildman–Crippen MR) is 127 cm³/mol. The van der Waals surface area contributed by atoms with Crippen LogP contribution in [0.1, 0.15) is 12.0 Å². The summed E-state index contributed by atoms with van der Waals surface area (Å²) in [4.78, 5) is 30.3. The molecule has 1 atom stereocenters. The number of ether oxygens (including phenoxy) is 1. The van der Waals surface area contributed by atoms with Crippen LogP contribution in [0.3, 0.4) is 0 Å². The van der Waals surface area contributed by atoms with Crippen LogP contribution in [0.5, 0.6) is 0 Å². The summed E-state index contributed by atoms with van der Waals surface area (Å²) in [6, 6.07) is 9.13. The summed E-state index contributed by atoms with van der Waals surface area (Å²) >= 11 is 5.92. The minimum Gasteiger partial charge on any atom is -0.447 e. The summed E-state index contributed by atoms with van der Waals surface area (Å²) in [6.45, 7) is 3.58. The lowest BCUT2D eigenvalue weighted by Crippen LogP contribution is -2.45. The first-order valence-corrected chi connectivity index (χ1v) is 10.7. The third kappa shape index (κ3) is 6.41. The van der Waals surface area contributed by atoms with Crippen LogP contribution >= 0.6 is 11.6 Å². The van der Waals surface area contributed by atoms with Crippen LogP contribution in [-0.4, -0.2) is 41.7 Å². The number of carbonyl (C=O) groups is 2. The first-order chi connectivity index (χ1) is 16.3. The molecule has 0 bridgehead atoms. The van der Waals surface area contributed by atoms with Gasteiger partial charge in [0.25, 0.3) is 0 Å². The van der Waals surface area contributed by atoms with Crippen molar-refractivity contribution in [3.63, 3.8) is 0 Å². The molecule has 0 saturated heterocycles. The van der Waals surface area contributed by atoms with E-state index in [0.717, 1.165) is 5.39 Å². The number of anilines is 1. The molecule has 0 aliphatic carbocycles. The van der Waals surface area contributed by atoms with Gasteiger partial charge in [-0.1, -0.05) is 29.8 Å². The molecular formula is C24H23ClF2N4O3. The maximum atomic E-state index is 13.6. The van der Waals surface area contributed by atoms with Gasteiger partial charge >= 0.3 is 12.1 Å². The average molecular weight is 489 g/mol. The lowest BCUT2D eigenvalue weighted by Gasteiger charge is -2.27. The van der Waals surface area contributed by atoms with Crippen LogP contribution in [0.2, 0.25) is 5.02 Å². The van der Waals surface area contributed by atoms with Gasteiger partial charge in [-0.05, 0) is 47.7 Å². The molecule has 2 aromatic carbocycles. The molecule has 2 N–H and O–H groups in total. The Morgan fingerprint density at radius 1 is 1.24 bits per heavy atom. The van der Waals surface area contributed by atoms with Gasteiger partial charge in [-0.25, -0.2) is 23.4 Å². The van der Waals surface area contributed by atoms with Gasteiger partial charge in [0.1, 0.15) is 24.1 Å². The number of benzene rings is 2. The smallest absolute Gasteiger partial charge is 0.412 e. The summed E-state index contributed by atoms with van der Waals surface area (Å²) in [7, 11) is 1.54. The summed E-state index contributed by atoms with van der Waals surface area (Å²) in [5, 5.41) is 6.38. The minimum atomic E-state index is -0.780. The fourth-order valence-corrected chi connectivity index (χ4v) is 3.36. The molecule has 0 unspecified atom stereocenters. The summed E-state index contributed by atoms with van der Waals surface area (Å²) < 4.78 is 32.3. The molecular weight excluding hydrogens is 466 g/mol. The van der Waals surface area contributed by atoms with E-state index in [9.17, 15) is 18.4 Å². The average Bonchev–Trinajstić information content (AvgIpc) is 2.81. The number of hydrogen-bond acceptors (Lipinski definition) is 4. The van der Waals surface area contributed by atoms with Crippen molar-refractivity contribution >= 4 is 40.3 Å². The third-order valence-corrected chi connectivity index (χ3v) is 5.51. The number of nitrogens with zero attached hydrogens (tertiary/aromatic N) is 2. The molecule has 0 saturated carbocycles. The van der Waals surface area contributed by atoms with E-state index in [2.05, 4.69) is 22.2 Å². The normalized spacial score (nSPS) is 11.5. The first kappa shape index (κ1) is 24.9. The van der Waals surface area contributed by atoms with Crippen molar-refractivity contribution in [2.75, 3.05) is 19.0 Å². The zero-order valence-electron chi connectivity index (χ0n) is 18.4. The number of hydrogen-bond donors (Lipinski definition) is 2. The summed E-state index contributed by atoms with van der Waals surface area (Å²) in [6.07, 6.45) is 2.68. The molecule has 0 radical (unpaired) electrons. The van der Waals surface area contributed by atoms with E-state index in [0.29, 0.717) is 17.4 Å². The zero-order chi connectivity index (χ0) is 24.7. The van der Waals surface area contributed by atoms with Crippen molar-refractivity contribution in [3.05, 3.63) is 83.5 Å². The molecule has 3 rings (SSSR count). The predicted octanol–water partition coefficient (Wildman–Crippen LogP) is 5.50. The first-order valence-electron chi connectivity index (χ1n) is 10.3. The van der Waals surface area contributed by atoms with E-state index >= 15 is 0 Å². The van der Waals surface area contributed by atoms with Gasteiger partial charge in [0.2, 0.25) is 0 Å². The maximum absolute atomic E-state index is 13.6. The quantitative estimate of drug-likeness (QED) is 0.410. The molecule has 10 heteroatoms.